The lowest BCUT2D eigenvalue weighted by Crippen LogP contribution is -2.51. The molecule has 0 bridgehead atoms. The van der Waals surface area contributed by atoms with Gasteiger partial charge in [0, 0.05) is 61.8 Å². The zero-order valence-electron chi connectivity index (χ0n) is 15.4. The quantitative estimate of drug-likeness (QED) is 0.823. The number of hydrogen-bond acceptors (Lipinski definition) is 3. The molecule has 0 aliphatic carbocycles. The third-order valence-electron chi connectivity index (χ3n) is 4.44. The minimum atomic E-state index is -0.187. The summed E-state index contributed by atoms with van der Waals surface area (Å²) in [6.07, 6.45) is 6.82. The van der Waals surface area contributed by atoms with Gasteiger partial charge in [-0.2, -0.15) is 5.10 Å². The van der Waals surface area contributed by atoms with Gasteiger partial charge in [0.05, 0.1) is 6.20 Å². The van der Waals surface area contributed by atoms with Gasteiger partial charge in [-0.15, -0.1) is 0 Å². The molecule has 0 spiro atoms. The van der Waals surface area contributed by atoms with Gasteiger partial charge in [0.2, 0.25) is 5.91 Å². The largest absolute Gasteiger partial charge is 0.336 e. The normalized spacial score (nSPS) is 14.6. The number of carbonyl (C=O) groups excluding carboxylic acids is 2. The molecular formula is C19H22ClN5O2. The molecule has 1 aromatic carbocycles. The number of anilines is 1. The number of rotatable bonds is 3. The lowest BCUT2D eigenvalue weighted by atomic mass is 10.2. The Morgan fingerprint density at radius 2 is 1.89 bits per heavy atom. The van der Waals surface area contributed by atoms with Crippen molar-refractivity contribution in [1.82, 2.24) is 19.6 Å². The molecule has 3 amide bonds. The van der Waals surface area contributed by atoms with Crippen LogP contribution in [0.25, 0.3) is 6.08 Å². The number of nitrogens with zero attached hydrogens (tertiary/aromatic N) is 4. The summed E-state index contributed by atoms with van der Waals surface area (Å²) in [7, 11) is 1.83. The fourth-order valence-electron chi connectivity index (χ4n) is 2.80. The van der Waals surface area contributed by atoms with Crippen molar-refractivity contribution < 1.29 is 9.59 Å². The summed E-state index contributed by atoms with van der Waals surface area (Å²) >= 11 is 6.09. The third-order valence-corrected chi connectivity index (χ3v) is 4.85. The van der Waals surface area contributed by atoms with Crippen LogP contribution in [0, 0.1) is 6.92 Å². The average Bonchev–Trinajstić information content (AvgIpc) is 3.08. The minimum absolute atomic E-state index is 0.0655. The van der Waals surface area contributed by atoms with Crippen molar-refractivity contribution >= 4 is 35.3 Å². The van der Waals surface area contributed by atoms with Gasteiger partial charge < -0.3 is 15.1 Å². The number of piperazine rings is 1. The molecule has 7 nitrogen and oxygen atoms in total. The summed E-state index contributed by atoms with van der Waals surface area (Å²) in [4.78, 5) is 28.1. The molecular weight excluding hydrogens is 366 g/mol. The maximum atomic E-state index is 12.4. The molecule has 1 aromatic heterocycles. The highest BCUT2D eigenvalue weighted by Crippen LogP contribution is 2.20. The highest BCUT2D eigenvalue weighted by atomic mass is 35.5. The Morgan fingerprint density at radius 1 is 1.19 bits per heavy atom. The molecule has 1 fully saturated rings. The number of carbonyl (C=O) groups is 2. The van der Waals surface area contributed by atoms with Crippen LogP contribution in [-0.4, -0.2) is 57.7 Å². The fourth-order valence-corrected chi connectivity index (χ4v) is 2.98. The Labute approximate surface area is 163 Å². The van der Waals surface area contributed by atoms with Crippen LogP contribution in [0.5, 0.6) is 0 Å². The Balaban J connectivity index is 1.50. The fraction of sp³-hybridized carbons (Fsp3) is 0.316. The van der Waals surface area contributed by atoms with Crippen molar-refractivity contribution in [2.24, 2.45) is 7.05 Å². The van der Waals surface area contributed by atoms with E-state index in [1.54, 1.807) is 38.9 Å². The van der Waals surface area contributed by atoms with E-state index < -0.39 is 0 Å². The molecule has 3 rings (SSSR count). The molecule has 1 aliphatic heterocycles. The van der Waals surface area contributed by atoms with Gasteiger partial charge in [-0.05, 0) is 30.7 Å². The van der Waals surface area contributed by atoms with Gasteiger partial charge in [-0.1, -0.05) is 17.7 Å². The van der Waals surface area contributed by atoms with E-state index in [0.717, 1.165) is 11.1 Å². The summed E-state index contributed by atoms with van der Waals surface area (Å²) in [6, 6.07) is 5.23. The molecule has 142 valence electrons. The van der Waals surface area contributed by atoms with Crippen molar-refractivity contribution in [3.63, 3.8) is 0 Å². The molecule has 8 heteroatoms. The first-order valence-corrected chi connectivity index (χ1v) is 9.08. The van der Waals surface area contributed by atoms with Gasteiger partial charge in [0.15, 0.2) is 0 Å². The van der Waals surface area contributed by atoms with E-state index >= 15 is 0 Å². The maximum absolute atomic E-state index is 12.4. The summed E-state index contributed by atoms with van der Waals surface area (Å²) in [5, 5.41) is 7.53. The van der Waals surface area contributed by atoms with Crippen molar-refractivity contribution in [2.45, 2.75) is 6.92 Å². The van der Waals surface area contributed by atoms with Crippen molar-refractivity contribution in [3.8, 4) is 0 Å². The van der Waals surface area contributed by atoms with E-state index in [2.05, 4.69) is 10.4 Å². The van der Waals surface area contributed by atoms with Crippen LogP contribution < -0.4 is 5.32 Å². The Kier molecular flexibility index (Phi) is 5.81. The van der Waals surface area contributed by atoms with Gasteiger partial charge in [-0.25, -0.2) is 4.79 Å². The Hall–Kier alpha value is -2.80. The van der Waals surface area contributed by atoms with Gasteiger partial charge >= 0.3 is 6.03 Å². The molecule has 27 heavy (non-hydrogen) atoms. The summed E-state index contributed by atoms with van der Waals surface area (Å²) in [5.74, 6) is -0.0655. The Morgan fingerprint density at radius 3 is 2.52 bits per heavy atom. The number of benzene rings is 1. The van der Waals surface area contributed by atoms with Crippen molar-refractivity contribution in [1.29, 1.82) is 0 Å². The van der Waals surface area contributed by atoms with Crippen LogP contribution in [0.1, 0.15) is 11.1 Å². The lowest BCUT2D eigenvalue weighted by Gasteiger charge is -2.34. The minimum Gasteiger partial charge on any atom is -0.336 e. The van der Waals surface area contributed by atoms with Gasteiger partial charge in [-0.3, -0.25) is 9.48 Å². The number of amides is 3. The van der Waals surface area contributed by atoms with E-state index in [4.69, 9.17) is 11.6 Å². The SMILES string of the molecule is Cc1ccc(NC(=O)N2CCN(C(=O)/C=C/c3cnn(C)c3)CC2)cc1Cl. The van der Waals surface area contributed by atoms with Gasteiger partial charge in [0.1, 0.15) is 0 Å². The van der Waals surface area contributed by atoms with Gasteiger partial charge in [0.25, 0.3) is 0 Å². The van der Waals surface area contributed by atoms with E-state index in [1.165, 1.54) is 0 Å². The molecule has 2 aromatic rings. The smallest absolute Gasteiger partial charge is 0.321 e. The second-order valence-corrected chi connectivity index (χ2v) is 6.89. The van der Waals surface area contributed by atoms with E-state index in [1.807, 2.05) is 32.3 Å². The summed E-state index contributed by atoms with van der Waals surface area (Å²) in [6.45, 7) is 3.87. The number of aryl methyl sites for hydroxylation is 2. The first-order valence-electron chi connectivity index (χ1n) is 8.70. The van der Waals surface area contributed by atoms with Crippen LogP contribution in [-0.2, 0) is 11.8 Å². The number of nitrogens with one attached hydrogen (secondary N) is 1. The first kappa shape index (κ1) is 19.0. The van der Waals surface area contributed by atoms with Crippen LogP contribution in [0.2, 0.25) is 5.02 Å². The predicted molar refractivity (Wildman–Crippen MR) is 106 cm³/mol. The third kappa shape index (κ3) is 4.89. The summed E-state index contributed by atoms with van der Waals surface area (Å²) in [5.41, 5.74) is 2.50. The molecule has 1 aliphatic rings. The van der Waals surface area contributed by atoms with E-state index in [-0.39, 0.29) is 11.9 Å². The van der Waals surface area contributed by atoms with Crippen LogP contribution in [0.15, 0.2) is 36.7 Å². The highest BCUT2D eigenvalue weighted by Gasteiger charge is 2.23. The monoisotopic (exact) mass is 387 g/mol. The number of hydrogen-bond donors (Lipinski definition) is 1. The van der Waals surface area contributed by atoms with Crippen LogP contribution >= 0.6 is 11.6 Å². The molecule has 0 saturated carbocycles. The van der Waals surface area contributed by atoms with Crippen molar-refractivity contribution in [3.05, 3.63) is 52.8 Å². The number of aromatic nitrogens is 2. The van der Waals surface area contributed by atoms with Crippen LogP contribution in [0.4, 0.5) is 10.5 Å². The second kappa shape index (κ2) is 8.26. The zero-order chi connectivity index (χ0) is 19.4. The molecule has 0 unspecified atom stereocenters. The maximum Gasteiger partial charge on any atom is 0.321 e. The molecule has 1 N–H and O–H groups in total. The van der Waals surface area contributed by atoms with E-state index in [0.29, 0.717) is 36.9 Å². The topological polar surface area (TPSA) is 70.5 Å². The van der Waals surface area contributed by atoms with Crippen molar-refractivity contribution in [2.75, 3.05) is 31.5 Å². The molecule has 2 heterocycles. The standard InChI is InChI=1S/C19H22ClN5O2/c1-14-3-5-16(11-17(14)20)22-19(27)25-9-7-24(8-10-25)18(26)6-4-15-12-21-23(2)13-15/h3-6,11-13H,7-10H2,1-2H3,(H,22,27)/b6-4+. The molecule has 0 radical (unpaired) electrons. The van der Waals surface area contributed by atoms with E-state index in [9.17, 15) is 9.59 Å². The molecule has 0 atom stereocenters. The summed E-state index contributed by atoms with van der Waals surface area (Å²) < 4.78 is 1.68. The number of halogens is 1. The second-order valence-electron chi connectivity index (χ2n) is 6.49. The zero-order valence-corrected chi connectivity index (χ0v) is 16.1. The first-order chi connectivity index (χ1) is 12.9. The van der Waals surface area contributed by atoms with Crippen LogP contribution in [0.3, 0.4) is 0 Å². The lowest BCUT2D eigenvalue weighted by molar-refractivity contribution is -0.127. The number of urea groups is 1. The molecule has 1 saturated heterocycles. The predicted octanol–water partition coefficient (Wildman–Crippen LogP) is 2.77. The Bertz CT molecular complexity index is 869. The highest BCUT2D eigenvalue weighted by molar-refractivity contribution is 6.31. The average molecular weight is 388 g/mol.